The molecule has 1 fully saturated rings. The molecular weight excluding hydrogens is 208 g/mol. The molecule has 16 heavy (non-hydrogen) atoms. The first-order valence-corrected chi connectivity index (χ1v) is 5.74. The van der Waals surface area contributed by atoms with Crippen LogP contribution < -0.4 is 11.1 Å². The molecule has 0 radical (unpaired) electrons. The summed E-state index contributed by atoms with van der Waals surface area (Å²) in [5, 5.41) is 3.27. The molecule has 1 amide bonds. The average Bonchev–Trinajstić information content (AvgIpc) is 2.16. The van der Waals surface area contributed by atoms with Crippen molar-refractivity contribution < 1.29 is 14.3 Å². The van der Waals surface area contributed by atoms with Crippen molar-refractivity contribution in [2.45, 2.75) is 45.0 Å². The van der Waals surface area contributed by atoms with Crippen molar-refractivity contribution in [3.63, 3.8) is 0 Å². The summed E-state index contributed by atoms with van der Waals surface area (Å²) in [6.07, 6.45) is 0.0737. The molecule has 2 atom stereocenters. The van der Waals surface area contributed by atoms with E-state index in [-0.39, 0.29) is 11.7 Å². The molecule has 5 heteroatoms. The maximum absolute atomic E-state index is 11.0. The second-order valence-corrected chi connectivity index (χ2v) is 4.76. The largest absolute Gasteiger partial charge is 0.367 e. The smallest absolute Gasteiger partial charge is 0.246 e. The van der Waals surface area contributed by atoms with Gasteiger partial charge >= 0.3 is 0 Å². The van der Waals surface area contributed by atoms with Gasteiger partial charge < -0.3 is 20.5 Å². The summed E-state index contributed by atoms with van der Waals surface area (Å²) in [5.74, 6) is -0.412. The van der Waals surface area contributed by atoms with Crippen molar-refractivity contribution in [1.29, 1.82) is 0 Å². The molecule has 5 nitrogen and oxygen atoms in total. The molecular formula is C11H22N2O3. The standard InChI is InChI=1S/C11H22N2O3/c1-4-9(10(12)14)15-6-8-5-13-7-11(2,3)16-8/h8-9,13H,4-7H2,1-3H3,(H2,12,14). The lowest BCUT2D eigenvalue weighted by molar-refractivity contribution is -0.144. The van der Waals surface area contributed by atoms with Crippen LogP contribution in [0.3, 0.4) is 0 Å². The van der Waals surface area contributed by atoms with Gasteiger partial charge in [0.05, 0.1) is 18.3 Å². The van der Waals surface area contributed by atoms with E-state index in [9.17, 15) is 4.79 Å². The molecule has 94 valence electrons. The minimum Gasteiger partial charge on any atom is -0.367 e. The number of morpholine rings is 1. The number of nitrogens with two attached hydrogens (primary N) is 1. The molecule has 0 aromatic carbocycles. The van der Waals surface area contributed by atoms with Crippen LogP contribution in [0.1, 0.15) is 27.2 Å². The fraction of sp³-hybridized carbons (Fsp3) is 0.909. The Bertz CT molecular complexity index is 243. The van der Waals surface area contributed by atoms with E-state index in [1.54, 1.807) is 0 Å². The van der Waals surface area contributed by atoms with Gasteiger partial charge in [-0.3, -0.25) is 4.79 Å². The zero-order valence-corrected chi connectivity index (χ0v) is 10.3. The third-order valence-electron chi connectivity index (χ3n) is 2.58. The molecule has 2 unspecified atom stereocenters. The molecule has 1 aliphatic rings. The Morgan fingerprint density at radius 3 is 2.88 bits per heavy atom. The molecule has 1 heterocycles. The highest BCUT2D eigenvalue weighted by atomic mass is 16.6. The lowest BCUT2D eigenvalue weighted by Crippen LogP contribution is -2.52. The summed E-state index contributed by atoms with van der Waals surface area (Å²) in [6.45, 7) is 7.90. The lowest BCUT2D eigenvalue weighted by atomic mass is 10.1. The van der Waals surface area contributed by atoms with E-state index >= 15 is 0 Å². The van der Waals surface area contributed by atoms with Crippen LogP contribution in [-0.4, -0.2) is 43.4 Å². The number of carbonyl (C=O) groups is 1. The summed E-state index contributed by atoms with van der Waals surface area (Å²) in [4.78, 5) is 11.0. The third kappa shape index (κ3) is 4.08. The topological polar surface area (TPSA) is 73.6 Å². The fourth-order valence-electron chi connectivity index (χ4n) is 1.79. The van der Waals surface area contributed by atoms with Gasteiger partial charge in [0, 0.05) is 13.1 Å². The van der Waals surface area contributed by atoms with Crippen LogP contribution in [0, 0.1) is 0 Å². The van der Waals surface area contributed by atoms with E-state index in [1.807, 2.05) is 20.8 Å². The van der Waals surface area contributed by atoms with E-state index < -0.39 is 12.0 Å². The van der Waals surface area contributed by atoms with Gasteiger partial charge in [-0.15, -0.1) is 0 Å². The Morgan fingerprint density at radius 1 is 1.69 bits per heavy atom. The van der Waals surface area contributed by atoms with Gasteiger partial charge in [0.25, 0.3) is 0 Å². The predicted octanol–water partition coefficient (Wildman–Crippen LogP) is 0.0339. The van der Waals surface area contributed by atoms with Crippen molar-refractivity contribution in [3.05, 3.63) is 0 Å². The van der Waals surface area contributed by atoms with E-state index in [0.717, 1.165) is 13.1 Å². The number of hydrogen-bond acceptors (Lipinski definition) is 4. The molecule has 0 saturated carbocycles. The van der Waals surface area contributed by atoms with E-state index in [2.05, 4.69) is 5.32 Å². The lowest BCUT2D eigenvalue weighted by Gasteiger charge is -2.36. The van der Waals surface area contributed by atoms with Crippen molar-refractivity contribution in [2.75, 3.05) is 19.7 Å². The van der Waals surface area contributed by atoms with Crippen molar-refractivity contribution >= 4 is 5.91 Å². The first-order chi connectivity index (χ1) is 7.44. The summed E-state index contributed by atoms with van der Waals surface area (Å²) < 4.78 is 11.3. The summed E-state index contributed by atoms with van der Waals surface area (Å²) in [7, 11) is 0. The van der Waals surface area contributed by atoms with Crippen LogP contribution in [0.2, 0.25) is 0 Å². The molecule has 0 bridgehead atoms. The van der Waals surface area contributed by atoms with Gasteiger partial charge in [-0.2, -0.15) is 0 Å². The van der Waals surface area contributed by atoms with E-state index in [1.165, 1.54) is 0 Å². The van der Waals surface area contributed by atoms with E-state index in [0.29, 0.717) is 13.0 Å². The van der Waals surface area contributed by atoms with Crippen molar-refractivity contribution in [2.24, 2.45) is 5.73 Å². The van der Waals surface area contributed by atoms with Crippen molar-refractivity contribution in [1.82, 2.24) is 5.32 Å². The second-order valence-electron chi connectivity index (χ2n) is 4.76. The number of carbonyl (C=O) groups excluding carboxylic acids is 1. The fourth-order valence-corrected chi connectivity index (χ4v) is 1.79. The first kappa shape index (κ1) is 13.4. The predicted molar refractivity (Wildman–Crippen MR) is 61.0 cm³/mol. The normalized spacial score (nSPS) is 26.3. The van der Waals surface area contributed by atoms with E-state index in [4.69, 9.17) is 15.2 Å². The monoisotopic (exact) mass is 230 g/mol. The third-order valence-corrected chi connectivity index (χ3v) is 2.58. The van der Waals surface area contributed by atoms with Gasteiger partial charge in [-0.05, 0) is 20.3 Å². The Balaban J connectivity index is 2.34. The quantitative estimate of drug-likeness (QED) is 0.699. The van der Waals surface area contributed by atoms with Crippen LogP contribution >= 0.6 is 0 Å². The van der Waals surface area contributed by atoms with Crippen LogP contribution in [-0.2, 0) is 14.3 Å². The molecule has 0 aromatic rings. The van der Waals surface area contributed by atoms with Crippen molar-refractivity contribution in [3.8, 4) is 0 Å². The number of nitrogens with one attached hydrogen (secondary N) is 1. The summed E-state index contributed by atoms with van der Waals surface area (Å²) >= 11 is 0. The zero-order valence-electron chi connectivity index (χ0n) is 10.3. The van der Waals surface area contributed by atoms with Crippen LogP contribution in [0.25, 0.3) is 0 Å². The molecule has 3 N–H and O–H groups in total. The summed E-state index contributed by atoms with van der Waals surface area (Å²) in [6, 6.07) is 0. The van der Waals surface area contributed by atoms with Gasteiger partial charge in [0.15, 0.2) is 0 Å². The van der Waals surface area contributed by atoms with Crippen LogP contribution in [0.15, 0.2) is 0 Å². The van der Waals surface area contributed by atoms with Crippen LogP contribution in [0.5, 0.6) is 0 Å². The summed E-state index contributed by atoms with van der Waals surface area (Å²) in [5.41, 5.74) is 5.02. The number of ether oxygens (including phenoxy) is 2. The molecule has 1 aliphatic heterocycles. The molecule has 0 spiro atoms. The Labute approximate surface area is 96.7 Å². The minimum atomic E-state index is -0.506. The van der Waals surface area contributed by atoms with Gasteiger partial charge in [0.2, 0.25) is 5.91 Å². The SMILES string of the molecule is CCC(OCC1CNCC(C)(C)O1)C(N)=O. The Morgan fingerprint density at radius 2 is 2.38 bits per heavy atom. The second kappa shape index (κ2) is 5.61. The minimum absolute atomic E-state index is 0.0165. The average molecular weight is 230 g/mol. The highest BCUT2D eigenvalue weighted by Gasteiger charge is 2.29. The number of hydrogen-bond donors (Lipinski definition) is 2. The maximum atomic E-state index is 11.0. The molecule has 0 aliphatic carbocycles. The number of rotatable bonds is 5. The number of amides is 1. The highest BCUT2D eigenvalue weighted by molar-refractivity contribution is 5.78. The Kier molecular flexibility index (Phi) is 4.70. The highest BCUT2D eigenvalue weighted by Crippen LogP contribution is 2.15. The first-order valence-electron chi connectivity index (χ1n) is 5.74. The Hall–Kier alpha value is -0.650. The van der Waals surface area contributed by atoms with Gasteiger partial charge in [0.1, 0.15) is 6.10 Å². The van der Waals surface area contributed by atoms with Gasteiger partial charge in [-0.25, -0.2) is 0 Å². The van der Waals surface area contributed by atoms with Crippen LogP contribution in [0.4, 0.5) is 0 Å². The van der Waals surface area contributed by atoms with Gasteiger partial charge in [-0.1, -0.05) is 6.92 Å². The number of primary amides is 1. The molecule has 0 aromatic heterocycles. The maximum Gasteiger partial charge on any atom is 0.246 e. The molecule has 1 saturated heterocycles. The molecule has 1 rings (SSSR count). The zero-order chi connectivity index (χ0) is 12.2.